The van der Waals surface area contributed by atoms with Gasteiger partial charge in [-0.3, -0.25) is 4.79 Å². The van der Waals surface area contributed by atoms with Crippen LogP contribution in [0, 0.1) is 6.92 Å². The number of urea groups is 1. The van der Waals surface area contributed by atoms with E-state index in [0.29, 0.717) is 26.1 Å². The summed E-state index contributed by atoms with van der Waals surface area (Å²) in [5.41, 5.74) is 2.51. The standard InChI is InChI=1S/C19H28N4O2/c1-16-6-2-3-7-17(16)21-12-14-23(15-13-21)19(25)20-9-8-18(24)22-10-4-5-11-22/h2-3,6-7H,4-5,8-15H2,1H3,(H,20,25). The van der Waals surface area contributed by atoms with Crippen molar-refractivity contribution >= 4 is 17.6 Å². The molecule has 1 aromatic rings. The van der Waals surface area contributed by atoms with Crippen LogP contribution in [0.2, 0.25) is 0 Å². The molecule has 2 aliphatic heterocycles. The number of nitrogens with zero attached hydrogens (tertiary/aromatic N) is 3. The van der Waals surface area contributed by atoms with Crippen molar-refractivity contribution in [2.75, 3.05) is 50.7 Å². The molecule has 0 atom stereocenters. The predicted octanol–water partition coefficient (Wildman–Crippen LogP) is 1.84. The minimum atomic E-state index is -0.0568. The van der Waals surface area contributed by atoms with E-state index >= 15 is 0 Å². The lowest BCUT2D eigenvalue weighted by atomic mass is 10.1. The van der Waals surface area contributed by atoms with Crippen molar-refractivity contribution in [2.24, 2.45) is 0 Å². The van der Waals surface area contributed by atoms with Crippen LogP contribution in [-0.2, 0) is 4.79 Å². The third-order valence-electron chi connectivity index (χ3n) is 5.10. The molecule has 0 spiro atoms. The van der Waals surface area contributed by atoms with Crippen molar-refractivity contribution in [3.8, 4) is 0 Å². The second-order valence-corrected chi connectivity index (χ2v) is 6.83. The molecule has 6 nitrogen and oxygen atoms in total. The van der Waals surface area contributed by atoms with Gasteiger partial charge < -0.3 is 20.0 Å². The third-order valence-corrected chi connectivity index (χ3v) is 5.10. The number of anilines is 1. The fourth-order valence-electron chi connectivity index (χ4n) is 3.58. The average molecular weight is 344 g/mol. The van der Waals surface area contributed by atoms with E-state index in [1.807, 2.05) is 15.9 Å². The SMILES string of the molecule is Cc1ccccc1N1CCN(C(=O)NCCC(=O)N2CCCC2)CC1. The molecular weight excluding hydrogens is 316 g/mol. The maximum Gasteiger partial charge on any atom is 0.317 e. The Morgan fingerprint density at radius 1 is 0.960 bits per heavy atom. The zero-order chi connectivity index (χ0) is 17.6. The predicted molar refractivity (Wildman–Crippen MR) is 98.8 cm³/mol. The molecule has 2 saturated heterocycles. The van der Waals surface area contributed by atoms with Crippen molar-refractivity contribution in [1.82, 2.24) is 15.1 Å². The topological polar surface area (TPSA) is 55.9 Å². The van der Waals surface area contributed by atoms with Crippen molar-refractivity contribution in [3.05, 3.63) is 29.8 Å². The largest absolute Gasteiger partial charge is 0.368 e. The van der Waals surface area contributed by atoms with E-state index in [9.17, 15) is 9.59 Å². The molecule has 1 aromatic carbocycles. The number of likely N-dealkylation sites (tertiary alicyclic amines) is 1. The lowest BCUT2D eigenvalue weighted by Gasteiger charge is -2.36. The quantitative estimate of drug-likeness (QED) is 0.907. The molecule has 0 unspecified atom stereocenters. The highest BCUT2D eigenvalue weighted by Gasteiger charge is 2.22. The van der Waals surface area contributed by atoms with E-state index in [2.05, 4.69) is 35.3 Å². The highest BCUT2D eigenvalue weighted by atomic mass is 16.2. The van der Waals surface area contributed by atoms with Crippen molar-refractivity contribution in [2.45, 2.75) is 26.2 Å². The fraction of sp³-hybridized carbons (Fsp3) is 0.579. The molecule has 2 heterocycles. The average Bonchev–Trinajstić information content (AvgIpc) is 3.17. The Morgan fingerprint density at radius 3 is 2.32 bits per heavy atom. The van der Waals surface area contributed by atoms with Crippen LogP contribution in [0.1, 0.15) is 24.8 Å². The van der Waals surface area contributed by atoms with Crippen molar-refractivity contribution in [3.63, 3.8) is 0 Å². The van der Waals surface area contributed by atoms with Gasteiger partial charge in [0, 0.05) is 57.9 Å². The lowest BCUT2D eigenvalue weighted by Crippen LogP contribution is -2.52. The van der Waals surface area contributed by atoms with E-state index in [0.717, 1.165) is 39.0 Å². The zero-order valence-corrected chi connectivity index (χ0v) is 15.0. The fourth-order valence-corrected chi connectivity index (χ4v) is 3.58. The van der Waals surface area contributed by atoms with Crippen LogP contribution in [0.4, 0.5) is 10.5 Å². The number of carbonyl (C=O) groups excluding carboxylic acids is 2. The summed E-state index contributed by atoms with van der Waals surface area (Å²) in [6.45, 7) is 7.37. The third kappa shape index (κ3) is 4.44. The number of aryl methyl sites for hydroxylation is 1. The summed E-state index contributed by atoms with van der Waals surface area (Å²) >= 11 is 0. The van der Waals surface area contributed by atoms with E-state index in [4.69, 9.17) is 0 Å². The number of nitrogens with one attached hydrogen (secondary N) is 1. The van der Waals surface area contributed by atoms with Gasteiger partial charge in [-0.2, -0.15) is 0 Å². The Kier molecular flexibility index (Phi) is 5.79. The monoisotopic (exact) mass is 344 g/mol. The number of para-hydroxylation sites is 1. The molecule has 2 aliphatic rings. The first-order valence-electron chi connectivity index (χ1n) is 9.26. The van der Waals surface area contributed by atoms with E-state index < -0.39 is 0 Å². The highest BCUT2D eigenvalue weighted by molar-refractivity contribution is 5.78. The summed E-state index contributed by atoms with van der Waals surface area (Å²) in [6.07, 6.45) is 2.60. The van der Waals surface area contributed by atoms with Crippen LogP contribution in [-0.4, -0.2) is 67.6 Å². The number of hydrogen-bond acceptors (Lipinski definition) is 3. The molecule has 0 aliphatic carbocycles. The summed E-state index contributed by atoms with van der Waals surface area (Å²) in [5, 5.41) is 2.89. The molecule has 3 amide bonds. The van der Waals surface area contributed by atoms with Gasteiger partial charge >= 0.3 is 6.03 Å². The Bertz CT molecular complexity index is 605. The second-order valence-electron chi connectivity index (χ2n) is 6.83. The second kappa shape index (κ2) is 8.23. The van der Waals surface area contributed by atoms with E-state index in [1.54, 1.807) is 0 Å². The molecule has 0 bridgehead atoms. The summed E-state index contributed by atoms with van der Waals surface area (Å²) in [5.74, 6) is 0.155. The Morgan fingerprint density at radius 2 is 1.64 bits per heavy atom. The summed E-state index contributed by atoms with van der Waals surface area (Å²) in [4.78, 5) is 30.3. The number of carbonyl (C=O) groups is 2. The maximum atomic E-state index is 12.3. The summed E-state index contributed by atoms with van der Waals surface area (Å²) < 4.78 is 0. The summed E-state index contributed by atoms with van der Waals surface area (Å²) in [6, 6.07) is 8.30. The van der Waals surface area contributed by atoms with Gasteiger partial charge in [0.25, 0.3) is 0 Å². The molecule has 25 heavy (non-hydrogen) atoms. The molecule has 2 fully saturated rings. The number of amides is 3. The van der Waals surface area contributed by atoms with Gasteiger partial charge in [-0.25, -0.2) is 4.79 Å². The van der Waals surface area contributed by atoms with Crippen molar-refractivity contribution < 1.29 is 9.59 Å². The molecule has 0 aromatic heterocycles. The van der Waals surface area contributed by atoms with Crippen LogP contribution in [0.3, 0.4) is 0 Å². The highest BCUT2D eigenvalue weighted by Crippen LogP contribution is 2.20. The number of hydrogen-bond donors (Lipinski definition) is 1. The van der Waals surface area contributed by atoms with Gasteiger partial charge in [-0.05, 0) is 31.4 Å². The smallest absolute Gasteiger partial charge is 0.317 e. The Labute approximate surface area is 149 Å². The molecule has 3 rings (SSSR count). The number of piperazine rings is 1. The number of benzene rings is 1. The first kappa shape index (κ1) is 17.6. The molecule has 0 saturated carbocycles. The maximum absolute atomic E-state index is 12.3. The van der Waals surface area contributed by atoms with Crippen LogP contribution in [0.15, 0.2) is 24.3 Å². The molecule has 136 valence electrons. The Balaban J connectivity index is 1.39. The lowest BCUT2D eigenvalue weighted by molar-refractivity contribution is -0.129. The van der Waals surface area contributed by atoms with Crippen LogP contribution >= 0.6 is 0 Å². The Hall–Kier alpha value is -2.24. The van der Waals surface area contributed by atoms with Gasteiger partial charge in [0.05, 0.1) is 0 Å². The first-order chi connectivity index (χ1) is 12.1. The van der Waals surface area contributed by atoms with Gasteiger partial charge in [0.2, 0.25) is 5.91 Å². The molecule has 0 radical (unpaired) electrons. The summed E-state index contributed by atoms with van der Waals surface area (Å²) in [7, 11) is 0. The van der Waals surface area contributed by atoms with Crippen LogP contribution in [0.25, 0.3) is 0 Å². The van der Waals surface area contributed by atoms with Crippen LogP contribution in [0.5, 0.6) is 0 Å². The minimum Gasteiger partial charge on any atom is -0.368 e. The van der Waals surface area contributed by atoms with Gasteiger partial charge in [0.15, 0.2) is 0 Å². The van der Waals surface area contributed by atoms with Gasteiger partial charge in [-0.1, -0.05) is 18.2 Å². The van der Waals surface area contributed by atoms with Crippen molar-refractivity contribution in [1.29, 1.82) is 0 Å². The van der Waals surface area contributed by atoms with Gasteiger partial charge in [0.1, 0.15) is 0 Å². The number of rotatable bonds is 4. The molecular formula is C19H28N4O2. The van der Waals surface area contributed by atoms with E-state index in [-0.39, 0.29) is 11.9 Å². The van der Waals surface area contributed by atoms with E-state index in [1.165, 1.54) is 11.3 Å². The minimum absolute atomic E-state index is 0.0568. The molecule has 6 heteroatoms. The normalized spacial score (nSPS) is 17.7. The first-order valence-corrected chi connectivity index (χ1v) is 9.26. The zero-order valence-electron chi connectivity index (χ0n) is 15.0. The van der Waals surface area contributed by atoms with Gasteiger partial charge in [-0.15, -0.1) is 0 Å². The van der Waals surface area contributed by atoms with Crippen LogP contribution < -0.4 is 10.2 Å². The molecule has 1 N–H and O–H groups in total.